The van der Waals surface area contributed by atoms with Gasteiger partial charge in [-0.05, 0) is 50.3 Å². The van der Waals surface area contributed by atoms with Crippen molar-refractivity contribution in [2.24, 2.45) is 0 Å². The van der Waals surface area contributed by atoms with Crippen molar-refractivity contribution in [3.8, 4) is 0 Å². The molecule has 0 bridgehead atoms. The molecule has 0 atom stereocenters. The highest BCUT2D eigenvalue weighted by atomic mass is 35.5. The summed E-state index contributed by atoms with van der Waals surface area (Å²) in [5, 5.41) is 7.24. The number of halogens is 2. The number of amides is 2. The number of nitrogens with one attached hydrogen (secondary N) is 2. The highest BCUT2D eigenvalue weighted by molar-refractivity contribution is 6.42. The number of benzene rings is 1. The molecule has 1 aromatic carbocycles. The predicted molar refractivity (Wildman–Crippen MR) is 103 cm³/mol. The monoisotopic (exact) mass is 395 g/mol. The Hall–Kier alpha value is -1.72. The van der Waals surface area contributed by atoms with Crippen molar-refractivity contribution in [1.29, 1.82) is 0 Å². The van der Waals surface area contributed by atoms with Crippen molar-refractivity contribution in [2.45, 2.75) is 38.6 Å². The van der Waals surface area contributed by atoms with E-state index in [1.54, 1.807) is 11.0 Å². The molecule has 0 saturated heterocycles. The molecule has 2 amide bonds. The van der Waals surface area contributed by atoms with E-state index in [-0.39, 0.29) is 11.8 Å². The van der Waals surface area contributed by atoms with Crippen LogP contribution in [0.5, 0.6) is 0 Å². The summed E-state index contributed by atoms with van der Waals surface area (Å²) in [6.07, 6.45) is 3.69. The molecule has 140 valence electrons. The van der Waals surface area contributed by atoms with Gasteiger partial charge in [-0.1, -0.05) is 29.3 Å². The van der Waals surface area contributed by atoms with Crippen LogP contribution in [0.2, 0.25) is 10.0 Å². The summed E-state index contributed by atoms with van der Waals surface area (Å²) in [5.74, 6) is -0.230. The Labute approximate surface area is 163 Å². The number of carbonyl (C=O) groups excluding carboxylic acids is 2. The largest absolute Gasteiger partial charge is 0.377 e. The van der Waals surface area contributed by atoms with Crippen molar-refractivity contribution in [2.75, 3.05) is 19.6 Å². The van der Waals surface area contributed by atoms with E-state index in [1.807, 2.05) is 19.1 Å². The third-order valence-electron chi connectivity index (χ3n) is 4.65. The summed E-state index contributed by atoms with van der Waals surface area (Å²) in [6, 6.07) is 5.90. The number of aryl methyl sites for hydroxylation is 1. The Balaban J connectivity index is 1.53. The minimum atomic E-state index is -0.161. The van der Waals surface area contributed by atoms with Gasteiger partial charge in [0.25, 0.3) is 11.8 Å². The predicted octanol–water partition coefficient (Wildman–Crippen LogP) is 2.91. The first-order valence-electron chi connectivity index (χ1n) is 9.00. The van der Waals surface area contributed by atoms with Crippen LogP contribution in [0.25, 0.3) is 0 Å². The number of rotatable bonds is 8. The maximum Gasteiger partial charge on any atom is 0.270 e. The first kappa shape index (κ1) is 19.1. The molecular weight excluding hydrogens is 373 g/mol. The van der Waals surface area contributed by atoms with Crippen LogP contribution in [0.4, 0.5) is 0 Å². The molecule has 0 radical (unpaired) electrons. The second-order valence-electron chi connectivity index (χ2n) is 6.70. The molecular formula is C19H23Cl2N3O2. The molecule has 1 aliphatic heterocycles. The van der Waals surface area contributed by atoms with Crippen molar-refractivity contribution >= 4 is 35.0 Å². The number of likely N-dealkylation sites (N-methyl/N-ethyl adjacent to an activating group) is 1. The third kappa shape index (κ3) is 4.51. The van der Waals surface area contributed by atoms with Crippen LogP contribution in [-0.4, -0.2) is 42.4 Å². The summed E-state index contributed by atoms with van der Waals surface area (Å²) < 4.78 is 0. The SMILES string of the molecule is CCN1CC(C(=O)NCCCc2ccc(Cl)c(Cl)c2)=C(NC2CC2)C1=O. The van der Waals surface area contributed by atoms with Crippen molar-refractivity contribution in [3.05, 3.63) is 45.1 Å². The van der Waals surface area contributed by atoms with E-state index in [9.17, 15) is 9.59 Å². The van der Waals surface area contributed by atoms with Crippen LogP contribution >= 0.6 is 23.2 Å². The van der Waals surface area contributed by atoms with Gasteiger partial charge < -0.3 is 15.5 Å². The fourth-order valence-corrected chi connectivity index (χ4v) is 3.27. The van der Waals surface area contributed by atoms with E-state index in [4.69, 9.17) is 23.2 Å². The summed E-state index contributed by atoms with van der Waals surface area (Å²) in [4.78, 5) is 26.6. The minimum absolute atomic E-state index is 0.0691. The zero-order chi connectivity index (χ0) is 18.7. The number of hydrogen-bond acceptors (Lipinski definition) is 3. The molecule has 5 nitrogen and oxygen atoms in total. The van der Waals surface area contributed by atoms with Crippen LogP contribution in [0.3, 0.4) is 0 Å². The van der Waals surface area contributed by atoms with Gasteiger partial charge in [0, 0.05) is 19.1 Å². The Bertz CT molecular complexity index is 744. The van der Waals surface area contributed by atoms with E-state index in [1.165, 1.54) is 0 Å². The molecule has 0 spiro atoms. The first-order valence-corrected chi connectivity index (χ1v) is 9.76. The summed E-state index contributed by atoms with van der Waals surface area (Å²) >= 11 is 11.9. The average molecular weight is 396 g/mol. The van der Waals surface area contributed by atoms with Gasteiger partial charge in [0.1, 0.15) is 5.70 Å². The Morgan fingerprint density at radius 3 is 2.69 bits per heavy atom. The van der Waals surface area contributed by atoms with Crippen LogP contribution in [0.15, 0.2) is 29.5 Å². The normalized spacial score (nSPS) is 17.0. The lowest BCUT2D eigenvalue weighted by Gasteiger charge is -2.13. The van der Waals surface area contributed by atoms with Crippen molar-refractivity contribution < 1.29 is 9.59 Å². The standard InChI is InChI=1S/C19H23Cl2N3O2/c1-2-24-11-14(17(19(24)26)23-13-6-7-13)18(25)22-9-3-4-12-5-8-15(20)16(21)10-12/h5,8,10,13,23H,2-4,6-7,9,11H2,1H3,(H,22,25). The van der Waals surface area contributed by atoms with Crippen molar-refractivity contribution in [1.82, 2.24) is 15.5 Å². The van der Waals surface area contributed by atoms with E-state index in [0.717, 1.165) is 31.2 Å². The smallest absolute Gasteiger partial charge is 0.270 e. The molecule has 1 saturated carbocycles. The first-order chi connectivity index (χ1) is 12.5. The van der Waals surface area contributed by atoms with Gasteiger partial charge in [0.15, 0.2) is 0 Å². The van der Waals surface area contributed by atoms with E-state index < -0.39 is 0 Å². The quantitative estimate of drug-likeness (QED) is 0.665. The molecule has 1 fully saturated rings. The Morgan fingerprint density at radius 1 is 1.27 bits per heavy atom. The second kappa shape index (κ2) is 8.31. The van der Waals surface area contributed by atoms with Gasteiger partial charge in [-0.25, -0.2) is 0 Å². The van der Waals surface area contributed by atoms with E-state index >= 15 is 0 Å². The highest BCUT2D eigenvalue weighted by Crippen LogP contribution is 2.25. The Kier molecular flexibility index (Phi) is 6.09. The van der Waals surface area contributed by atoms with Gasteiger partial charge in [0.05, 0.1) is 22.2 Å². The van der Waals surface area contributed by atoms with Gasteiger partial charge in [0.2, 0.25) is 0 Å². The maximum absolute atomic E-state index is 12.5. The molecule has 7 heteroatoms. The van der Waals surface area contributed by atoms with Crippen LogP contribution < -0.4 is 10.6 Å². The molecule has 1 heterocycles. The molecule has 3 rings (SSSR count). The van der Waals surface area contributed by atoms with Gasteiger partial charge >= 0.3 is 0 Å². The average Bonchev–Trinajstić information content (AvgIpc) is 3.39. The fourth-order valence-electron chi connectivity index (χ4n) is 2.95. The van der Waals surface area contributed by atoms with Crippen LogP contribution in [-0.2, 0) is 16.0 Å². The molecule has 0 aromatic heterocycles. The topological polar surface area (TPSA) is 61.4 Å². The number of nitrogens with zero attached hydrogens (tertiary/aromatic N) is 1. The summed E-state index contributed by atoms with van der Waals surface area (Å²) in [5.41, 5.74) is 2.12. The zero-order valence-corrected chi connectivity index (χ0v) is 16.3. The number of hydrogen-bond donors (Lipinski definition) is 2. The van der Waals surface area contributed by atoms with E-state index in [2.05, 4.69) is 10.6 Å². The summed E-state index contributed by atoms with van der Waals surface area (Å²) in [6.45, 7) is 3.44. The fraction of sp³-hybridized carbons (Fsp3) is 0.474. The van der Waals surface area contributed by atoms with Gasteiger partial charge in [-0.15, -0.1) is 0 Å². The Morgan fingerprint density at radius 2 is 2.04 bits per heavy atom. The molecule has 2 aliphatic rings. The third-order valence-corrected chi connectivity index (χ3v) is 5.38. The minimum Gasteiger partial charge on any atom is -0.377 e. The lowest BCUT2D eigenvalue weighted by atomic mass is 10.1. The maximum atomic E-state index is 12.5. The molecule has 2 N–H and O–H groups in total. The second-order valence-corrected chi connectivity index (χ2v) is 7.51. The zero-order valence-electron chi connectivity index (χ0n) is 14.8. The van der Waals surface area contributed by atoms with Crippen molar-refractivity contribution in [3.63, 3.8) is 0 Å². The lowest BCUT2D eigenvalue weighted by Crippen LogP contribution is -2.31. The van der Waals surface area contributed by atoms with Gasteiger partial charge in [-0.2, -0.15) is 0 Å². The van der Waals surface area contributed by atoms with Gasteiger partial charge in [-0.3, -0.25) is 9.59 Å². The number of carbonyl (C=O) groups is 2. The summed E-state index contributed by atoms with van der Waals surface area (Å²) in [7, 11) is 0. The molecule has 0 unspecified atom stereocenters. The highest BCUT2D eigenvalue weighted by Gasteiger charge is 2.36. The van der Waals surface area contributed by atoms with E-state index in [0.29, 0.717) is 47.0 Å². The molecule has 26 heavy (non-hydrogen) atoms. The lowest BCUT2D eigenvalue weighted by molar-refractivity contribution is -0.125. The van der Waals surface area contributed by atoms with Crippen LogP contribution in [0.1, 0.15) is 31.7 Å². The molecule has 1 aromatic rings. The molecule has 1 aliphatic carbocycles. The van der Waals surface area contributed by atoms with Crippen LogP contribution in [0, 0.1) is 0 Å².